The van der Waals surface area contributed by atoms with E-state index in [-0.39, 0.29) is 18.2 Å². The molecule has 0 bridgehead atoms. The van der Waals surface area contributed by atoms with Crippen LogP contribution in [-0.2, 0) is 16.0 Å². The van der Waals surface area contributed by atoms with Crippen molar-refractivity contribution in [2.45, 2.75) is 13.3 Å². The van der Waals surface area contributed by atoms with E-state index < -0.39 is 5.97 Å². The zero-order valence-corrected chi connectivity index (χ0v) is 12.1. The van der Waals surface area contributed by atoms with Crippen LogP contribution in [0.3, 0.4) is 0 Å². The fraction of sp³-hybridized carbons (Fsp3) is 0.267. The summed E-state index contributed by atoms with van der Waals surface area (Å²) in [6, 6.07) is 7.52. The molecular formula is C15H16N2O4. The minimum absolute atomic E-state index is 0.0261. The molecule has 0 fully saturated rings. The number of methoxy groups -OCH3 is 2. The maximum absolute atomic E-state index is 11.5. The van der Waals surface area contributed by atoms with E-state index in [1.807, 2.05) is 31.2 Å². The number of esters is 1. The fourth-order valence-corrected chi connectivity index (χ4v) is 1.80. The zero-order valence-electron chi connectivity index (χ0n) is 12.1. The minimum Gasteiger partial charge on any atom is -0.481 e. The summed E-state index contributed by atoms with van der Waals surface area (Å²) in [5.41, 5.74) is 1.51. The van der Waals surface area contributed by atoms with Gasteiger partial charge in [0, 0.05) is 0 Å². The number of benzene rings is 1. The smallest absolute Gasteiger partial charge is 0.310 e. The van der Waals surface area contributed by atoms with Crippen LogP contribution < -0.4 is 9.47 Å². The molecule has 1 aromatic carbocycles. The molecule has 0 aliphatic carbocycles. The highest BCUT2D eigenvalue weighted by Crippen LogP contribution is 2.29. The minimum atomic E-state index is -0.419. The summed E-state index contributed by atoms with van der Waals surface area (Å²) in [4.78, 5) is 19.6. The maximum atomic E-state index is 11.5. The molecular weight excluding hydrogens is 272 g/mol. The lowest BCUT2D eigenvalue weighted by Crippen LogP contribution is -2.09. The van der Waals surface area contributed by atoms with E-state index in [4.69, 9.17) is 9.47 Å². The van der Waals surface area contributed by atoms with Gasteiger partial charge in [0.05, 0.1) is 26.2 Å². The molecule has 0 radical (unpaired) electrons. The van der Waals surface area contributed by atoms with Crippen molar-refractivity contribution in [1.82, 2.24) is 9.97 Å². The molecule has 1 aromatic heterocycles. The van der Waals surface area contributed by atoms with Gasteiger partial charge >= 0.3 is 5.97 Å². The van der Waals surface area contributed by atoms with Crippen molar-refractivity contribution in [2.24, 2.45) is 0 Å². The first-order chi connectivity index (χ1) is 10.1. The predicted molar refractivity (Wildman–Crippen MR) is 75.6 cm³/mol. The standard InChI is InChI=1S/C15H16N2O4/c1-10-5-4-6-11(7-10)21-15-12(8-13(18)19-2)14(20-3)16-9-17-15/h4-7,9H,8H2,1-3H3. The molecule has 0 spiro atoms. The third-order valence-corrected chi connectivity index (χ3v) is 2.81. The Morgan fingerprint density at radius 2 is 1.95 bits per heavy atom. The number of carbonyl (C=O) groups excluding carboxylic acids is 1. The number of aryl methyl sites for hydroxylation is 1. The number of ether oxygens (including phenoxy) is 3. The summed E-state index contributed by atoms with van der Waals surface area (Å²) in [6.07, 6.45) is 1.30. The van der Waals surface area contributed by atoms with Gasteiger partial charge in [-0.25, -0.2) is 9.97 Å². The molecule has 2 aromatic rings. The van der Waals surface area contributed by atoms with Gasteiger partial charge in [0.1, 0.15) is 12.1 Å². The lowest BCUT2D eigenvalue weighted by Gasteiger charge is -2.12. The van der Waals surface area contributed by atoms with Crippen LogP contribution in [0.25, 0.3) is 0 Å². The van der Waals surface area contributed by atoms with Gasteiger partial charge in [-0.1, -0.05) is 12.1 Å². The van der Waals surface area contributed by atoms with Crippen molar-refractivity contribution in [3.8, 4) is 17.5 Å². The molecule has 0 N–H and O–H groups in total. The number of rotatable bonds is 5. The van der Waals surface area contributed by atoms with E-state index in [1.54, 1.807) is 0 Å². The first kappa shape index (κ1) is 14.8. The van der Waals surface area contributed by atoms with Crippen molar-refractivity contribution >= 4 is 5.97 Å². The van der Waals surface area contributed by atoms with Crippen LogP contribution in [0, 0.1) is 6.92 Å². The van der Waals surface area contributed by atoms with E-state index >= 15 is 0 Å². The summed E-state index contributed by atoms with van der Waals surface area (Å²) in [5, 5.41) is 0. The summed E-state index contributed by atoms with van der Waals surface area (Å²) < 4.78 is 15.6. The second-order valence-electron chi connectivity index (χ2n) is 4.34. The first-order valence-corrected chi connectivity index (χ1v) is 6.33. The Balaban J connectivity index is 2.35. The third-order valence-electron chi connectivity index (χ3n) is 2.81. The van der Waals surface area contributed by atoms with Crippen molar-refractivity contribution in [1.29, 1.82) is 0 Å². The Kier molecular flexibility index (Phi) is 4.71. The van der Waals surface area contributed by atoms with Gasteiger partial charge in [-0.15, -0.1) is 0 Å². The molecule has 110 valence electrons. The van der Waals surface area contributed by atoms with Crippen LogP contribution in [0.2, 0.25) is 0 Å². The second kappa shape index (κ2) is 6.69. The largest absolute Gasteiger partial charge is 0.481 e. The van der Waals surface area contributed by atoms with E-state index in [0.29, 0.717) is 11.3 Å². The Morgan fingerprint density at radius 3 is 2.62 bits per heavy atom. The average Bonchev–Trinajstić information content (AvgIpc) is 2.48. The van der Waals surface area contributed by atoms with Gasteiger partial charge in [-0.05, 0) is 24.6 Å². The molecule has 0 saturated carbocycles. The number of nitrogens with zero attached hydrogens (tertiary/aromatic N) is 2. The Morgan fingerprint density at radius 1 is 1.19 bits per heavy atom. The van der Waals surface area contributed by atoms with Gasteiger partial charge < -0.3 is 14.2 Å². The van der Waals surface area contributed by atoms with Crippen LogP contribution >= 0.6 is 0 Å². The lowest BCUT2D eigenvalue weighted by atomic mass is 10.2. The third kappa shape index (κ3) is 3.68. The lowest BCUT2D eigenvalue weighted by molar-refractivity contribution is -0.139. The summed E-state index contributed by atoms with van der Waals surface area (Å²) in [6.45, 7) is 1.96. The molecule has 2 rings (SSSR count). The Labute approximate surface area is 122 Å². The van der Waals surface area contributed by atoms with Crippen LogP contribution in [0.4, 0.5) is 0 Å². The van der Waals surface area contributed by atoms with Crippen molar-refractivity contribution < 1.29 is 19.0 Å². The van der Waals surface area contributed by atoms with E-state index in [2.05, 4.69) is 14.7 Å². The van der Waals surface area contributed by atoms with E-state index in [0.717, 1.165) is 5.56 Å². The quantitative estimate of drug-likeness (QED) is 0.786. The summed E-state index contributed by atoms with van der Waals surface area (Å²) in [5.74, 6) is 0.773. The number of hydrogen-bond acceptors (Lipinski definition) is 6. The summed E-state index contributed by atoms with van der Waals surface area (Å²) >= 11 is 0. The van der Waals surface area contributed by atoms with Gasteiger partial charge in [-0.3, -0.25) is 4.79 Å². The Bertz CT molecular complexity index is 643. The molecule has 0 unspecified atom stereocenters. The van der Waals surface area contributed by atoms with E-state index in [1.165, 1.54) is 20.5 Å². The molecule has 0 atom stereocenters. The molecule has 6 heteroatoms. The van der Waals surface area contributed by atoms with Gasteiger partial charge in [-0.2, -0.15) is 0 Å². The molecule has 6 nitrogen and oxygen atoms in total. The van der Waals surface area contributed by atoms with Gasteiger partial charge in [0.25, 0.3) is 0 Å². The number of hydrogen-bond donors (Lipinski definition) is 0. The van der Waals surface area contributed by atoms with Crippen LogP contribution in [0.1, 0.15) is 11.1 Å². The molecule has 0 aliphatic heterocycles. The van der Waals surface area contributed by atoms with Gasteiger partial charge in [0.15, 0.2) is 0 Å². The Hall–Kier alpha value is -2.63. The molecule has 0 amide bonds. The summed E-state index contributed by atoms with van der Waals surface area (Å²) in [7, 11) is 2.79. The van der Waals surface area contributed by atoms with Crippen molar-refractivity contribution in [3.05, 3.63) is 41.7 Å². The number of aromatic nitrogens is 2. The average molecular weight is 288 g/mol. The van der Waals surface area contributed by atoms with E-state index in [9.17, 15) is 4.79 Å². The highest BCUT2D eigenvalue weighted by molar-refractivity contribution is 5.74. The van der Waals surface area contributed by atoms with Crippen molar-refractivity contribution in [2.75, 3.05) is 14.2 Å². The number of carbonyl (C=O) groups is 1. The molecule has 0 aliphatic rings. The molecule has 21 heavy (non-hydrogen) atoms. The second-order valence-corrected chi connectivity index (χ2v) is 4.34. The first-order valence-electron chi connectivity index (χ1n) is 6.33. The van der Waals surface area contributed by atoms with Crippen LogP contribution in [0.15, 0.2) is 30.6 Å². The van der Waals surface area contributed by atoms with Crippen LogP contribution in [-0.4, -0.2) is 30.2 Å². The SMILES string of the molecule is COC(=O)Cc1c(OC)ncnc1Oc1cccc(C)c1. The topological polar surface area (TPSA) is 70.5 Å². The highest BCUT2D eigenvalue weighted by Gasteiger charge is 2.18. The monoisotopic (exact) mass is 288 g/mol. The normalized spacial score (nSPS) is 10.0. The van der Waals surface area contributed by atoms with Crippen molar-refractivity contribution in [3.63, 3.8) is 0 Å². The molecule has 0 saturated heterocycles. The fourth-order valence-electron chi connectivity index (χ4n) is 1.80. The highest BCUT2D eigenvalue weighted by atomic mass is 16.5. The maximum Gasteiger partial charge on any atom is 0.310 e. The zero-order chi connectivity index (χ0) is 15.2. The van der Waals surface area contributed by atoms with Crippen LogP contribution in [0.5, 0.6) is 17.5 Å². The molecule has 1 heterocycles. The predicted octanol–water partition coefficient (Wildman–Crippen LogP) is 2.30. The van der Waals surface area contributed by atoms with Gasteiger partial charge in [0.2, 0.25) is 11.8 Å².